The molecule has 1 aromatic heterocycles. The molecule has 3 rings (SSSR count). The Balaban J connectivity index is 2.34. The average molecular weight is 239 g/mol. The molecule has 0 amide bonds. The predicted molar refractivity (Wildman–Crippen MR) is 76.8 cm³/mol. The molecule has 2 heteroatoms. The number of benzene rings is 2. The zero-order valence-corrected chi connectivity index (χ0v) is 10.4. The minimum atomic E-state index is 1.23. The molecule has 0 aliphatic heterocycles. The Kier molecular flexibility index (Phi) is 2.57. The van der Waals surface area contributed by atoms with E-state index in [2.05, 4.69) is 59.9 Å². The number of nitrogens with one attached hydrogen (secondary N) is 1. The SMILES string of the molecule is CNc1sc2ccccc2c1-c1ccccc1. The summed E-state index contributed by atoms with van der Waals surface area (Å²) in [4.78, 5) is 0. The molecule has 84 valence electrons. The van der Waals surface area contributed by atoms with E-state index in [-0.39, 0.29) is 0 Å². The number of hydrogen-bond donors (Lipinski definition) is 1. The Bertz CT molecular complexity index is 640. The van der Waals surface area contributed by atoms with Gasteiger partial charge in [0.1, 0.15) is 0 Å². The lowest BCUT2D eigenvalue weighted by atomic mass is 10.0. The lowest BCUT2D eigenvalue weighted by molar-refractivity contribution is 1.58. The van der Waals surface area contributed by atoms with Crippen molar-refractivity contribution < 1.29 is 0 Å². The topological polar surface area (TPSA) is 12.0 Å². The Morgan fingerprint density at radius 3 is 2.35 bits per heavy atom. The molecular formula is C15H13NS. The maximum absolute atomic E-state index is 3.30. The highest BCUT2D eigenvalue weighted by Gasteiger charge is 2.11. The summed E-state index contributed by atoms with van der Waals surface area (Å²) in [7, 11) is 1.98. The van der Waals surface area contributed by atoms with Crippen molar-refractivity contribution in [3.8, 4) is 11.1 Å². The van der Waals surface area contributed by atoms with E-state index < -0.39 is 0 Å². The first-order chi connectivity index (χ1) is 8.40. The van der Waals surface area contributed by atoms with Crippen LogP contribution in [0.2, 0.25) is 0 Å². The van der Waals surface area contributed by atoms with Gasteiger partial charge < -0.3 is 5.32 Å². The van der Waals surface area contributed by atoms with Gasteiger partial charge in [0, 0.05) is 22.7 Å². The summed E-state index contributed by atoms with van der Waals surface area (Å²) in [5.74, 6) is 0. The molecular weight excluding hydrogens is 226 g/mol. The van der Waals surface area contributed by atoms with Crippen molar-refractivity contribution in [1.29, 1.82) is 0 Å². The van der Waals surface area contributed by atoms with Crippen LogP contribution in [0, 0.1) is 0 Å². The van der Waals surface area contributed by atoms with Gasteiger partial charge in [-0.2, -0.15) is 0 Å². The number of anilines is 1. The minimum absolute atomic E-state index is 1.23. The standard InChI is InChI=1S/C15H13NS/c1-16-15-14(11-7-3-2-4-8-11)12-9-5-6-10-13(12)17-15/h2-10,16H,1H3. The maximum atomic E-state index is 3.30. The van der Waals surface area contributed by atoms with E-state index in [1.807, 2.05) is 18.4 Å². The van der Waals surface area contributed by atoms with Crippen LogP contribution in [0.4, 0.5) is 5.00 Å². The van der Waals surface area contributed by atoms with Gasteiger partial charge in [-0.3, -0.25) is 0 Å². The molecule has 0 unspecified atom stereocenters. The number of hydrogen-bond acceptors (Lipinski definition) is 2. The summed E-state index contributed by atoms with van der Waals surface area (Å²) in [5, 5.41) is 5.86. The lowest BCUT2D eigenvalue weighted by Crippen LogP contribution is -1.86. The molecule has 1 nitrogen and oxygen atoms in total. The first-order valence-corrected chi connectivity index (χ1v) is 6.46. The highest BCUT2D eigenvalue weighted by molar-refractivity contribution is 7.23. The summed E-state index contributed by atoms with van der Waals surface area (Å²) < 4.78 is 1.33. The first-order valence-electron chi connectivity index (χ1n) is 5.65. The van der Waals surface area contributed by atoms with Crippen LogP contribution in [-0.4, -0.2) is 7.05 Å². The fourth-order valence-corrected chi connectivity index (χ4v) is 3.19. The minimum Gasteiger partial charge on any atom is -0.379 e. The van der Waals surface area contributed by atoms with E-state index in [0.717, 1.165) is 0 Å². The molecule has 0 spiro atoms. The van der Waals surface area contributed by atoms with Gasteiger partial charge in [-0.15, -0.1) is 11.3 Å². The van der Waals surface area contributed by atoms with Crippen LogP contribution in [-0.2, 0) is 0 Å². The van der Waals surface area contributed by atoms with Gasteiger partial charge in [0.05, 0.1) is 5.00 Å². The smallest absolute Gasteiger partial charge is 0.0972 e. The van der Waals surface area contributed by atoms with Crippen LogP contribution in [0.25, 0.3) is 21.2 Å². The van der Waals surface area contributed by atoms with Crippen LogP contribution in [0.3, 0.4) is 0 Å². The monoisotopic (exact) mass is 239 g/mol. The highest BCUT2D eigenvalue weighted by atomic mass is 32.1. The van der Waals surface area contributed by atoms with Crippen molar-refractivity contribution in [2.45, 2.75) is 0 Å². The third-order valence-electron chi connectivity index (χ3n) is 2.89. The van der Waals surface area contributed by atoms with Gasteiger partial charge in [-0.25, -0.2) is 0 Å². The van der Waals surface area contributed by atoms with Crippen molar-refractivity contribution in [3.63, 3.8) is 0 Å². The summed E-state index contributed by atoms with van der Waals surface area (Å²) >= 11 is 1.81. The summed E-state index contributed by atoms with van der Waals surface area (Å²) in [6.45, 7) is 0. The van der Waals surface area contributed by atoms with E-state index in [4.69, 9.17) is 0 Å². The lowest BCUT2D eigenvalue weighted by Gasteiger charge is -2.03. The van der Waals surface area contributed by atoms with Crippen LogP contribution < -0.4 is 5.32 Å². The normalized spacial score (nSPS) is 10.6. The molecule has 1 N–H and O–H groups in total. The molecule has 2 aromatic carbocycles. The largest absolute Gasteiger partial charge is 0.379 e. The van der Waals surface area contributed by atoms with Crippen molar-refractivity contribution in [1.82, 2.24) is 0 Å². The molecule has 0 fully saturated rings. The first kappa shape index (κ1) is 10.4. The summed E-state index contributed by atoms with van der Waals surface area (Å²) in [6, 6.07) is 19.1. The molecule has 0 bridgehead atoms. The fraction of sp³-hybridized carbons (Fsp3) is 0.0667. The Hall–Kier alpha value is -1.80. The number of fused-ring (bicyclic) bond motifs is 1. The predicted octanol–water partition coefficient (Wildman–Crippen LogP) is 4.61. The second-order valence-corrected chi connectivity index (χ2v) is 4.97. The van der Waals surface area contributed by atoms with Crippen LogP contribution in [0.1, 0.15) is 0 Å². The fourth-order valence-electron chi connectivity index (χ4n) is 2.11. The third kappa shape index (κ3) is 1.71. The Morgan fingerprint density at radius 2 is 1.59 bits per heavy atom. The molecule has 1 heterocycles. The van der Waals surface area contributed by atoms with Gasteiger partial charge in [0.25, 0.3) is 0 Å². The van der Waals surface area contributed by atoms with Crippen LogP contribution >= 0.6 is 11.3 Å². The molecule has 17 heavy (non-hydrogen) atoms. The number of thiophene rings is 1. The summed E-state index contributed by atoms with van der Waals surface area (Å²) in [5.41, 5.74) is 2.59. The second kappa shape index (κ2) is 4.22. The van der Waals surface area contributed by atoms with Crippen molar-refractivity contribution in [3.05, 3.63) is 54.6 Å². The Labute approximate surface area is 105 Å². The molecule has 3 aromatic rings. The Morgan fingerprint density at radius 1 is 0.882 bits per heavy atom. The zero-order chi connectivity index (χ0) is 11.7. The van der Waals surface area contributed by atoms with Crippen molar-refractivity contribution >= 4 is 26.4 Å². The van der Waals surface area contributed by atoms with E-state index in [1.54, 1.807) is 0 Å². The average Bonchev–Trinajstić information content (AvgIpc) is 2.78. The van der Waals surface area contributed by atoms with E-state index in [9.17, 15) is 0 Å². The van der Waals surface area contributed by atoms with Crippen molar-refractivity contribution in [2.75, 3.05) is 12.4 Å². The van der Waals surface area contributed by atoms with Gasteiger partial charge in [0.15, 0.2) is 0 Å². The molecule has 0 saturated carbocycles. The second-order valence-electron chi connectivity index (χ2n) is 3.92. The molecule has 0 aliphatic carbocycles. The maximum Gasteiger partial charge on any atom is 0.0972 e. The molecule has 0 radical (unpaired) electrons. The third-order valence-corrected chi connectivity index (χ3v) is 4.07. The van der Waals surface area contributed by atoms with E-state index >= 15 is 0 Å². The van der Waals surface area contributed by atoms with Gasteiger partial charge in [-0.1, -0.05) is 48.5 Å². The van der Waals surface area contributed by atoms with Gasteiger partial charge in [-0.05, 0) is 11.6 Å². The quantitative estimate of drug-likeness (QED) is 0.688. The van der Waals surface area contributed by atoms with Gasteiger partial charge >= 0.3 is 0 Å². The highest BCUT2D eigenvalue weighted by Crippen LogP contribution is 2.42. The molecule has 0 saturated heterocycles. The van der Waals surface area contributed by atoms with Gasteiger partial charge in [0.2, 0.25) is 0 Å². The van der Waals surface area contributed by atoms with Crippen molar-refractivity contribution in [2.24, 2.45) is 0 Å². The van der Waals surface area contributed by atoms with Crippen LogP contribution in [0.15, 0.2) is 54.6 Å². The molecule has 0 aliphatic rings. The van der Waals surface area contributed by atoms with E-state index in [0.29, 0.717) is 0 Å². The van der Waals surface area contributed by atoms with Crippen LogP contribution in [0.5, 0.6) is 0 Å². The van der Waals surface area contributed by atoms with E-state index in [1.165, 1.54) is 26.2 Å². The summed E-state index contributed by atoms with van der Waals surface area (Å²) in [6.07, 6.45) is 0. The molecule has 0 atom stereocenters. The zero-order valence-electron chi connectivity index (χ0n) is 9.60. The number of rotatable bonds is 2.